The van der Waals surface area contributed by atoms with Crippen LogP contribution in [0.15, 0.2) is 24.3 Å². The Bertz CT molecular complexity index is 779. The van der Waals surface area contributed by atoms with Crippen LogP contribution < -0.4 is 10.1 Å². The van der Waals surface area contributed by atoms with Gasteiger partial charge in [-0.25, -0.2) is 4.68 Å². The number of hydrogen-bond acceptors (Lipinski definition) is 3. The molecule has 1 fully saturated rings. The third-order valence-electron chi connectivity index (χ3n) is 3.68. The molecular weight excluding hydrogens is 323 g/mol. The fourth-order valence-corrected chi connectivity index (χ4v) is 2.19. The Morgan fingerprint density at radius 1 is 1.33 bits per heavy atom. The molecule has 0 aliphatic heterocycles. The van der Waals surface area contributed by atoms with Gasteiger partial charge in [-0.1, -0.05) is 6.07 Å². The zero-order valence-corrected chi connectivity index (χ0v) is 13.1. The molecule has 128 valence electrons. The number of alkyl halides is 3. The first-order valence-electron chi connectivity index (χ1n) is 7.44. The van der Waals surface area contributed by atoms with Crippen molar-refractivity contribution >= 4 is 11.6 Å². The lowest BCUT2D eigenvalue weighted by molar-refractivity contribution is -0.141. The molecule has 0 unspecified atom stereocenters. The first kappa shape index (κ1) is 16.4. The molecule has 1 aliphatic carbocycles. The monoisotopic (exact) mass is 339 g/mol. The maximum absolute atomic E-state index is 12.7. The van der Waals surface area contributed by atoms with Gasteiger partial charge >= 0.3 is 6.18 Å². The maximum Gasteiger partial charge on any atom is 0.435 e. The Morgan fingerprint density at radius 3 is 2.62 bits per heavy atom. The van der Waals surface area contributed by atoms with E-state index in [1.165, 1.54) is 7.05 Å². The van der Waals surface area contributed by atoms with Gasteiger partial charge in [0.25, 0.3) is 0 Å². The highest BCUT2D eigenvalue weighted by atomic mass is 19.4. The van der Waals surface area contributed by atoms with Crippen LogP contribution in [-0.4, -0.2) is 15.7 Å². The van der Waals surface area contributed by atoms with Crippen molar-refractivity contribution in [2.45, 2.75) is 25.9 Å². The summed E-state index contributed by atoms with van der Waals surface area (Å²) in [5.41, 5.74) is 0.246. The molecule has 0 spiro atoms. The number of carbonyl (C=O) groups is 1. The van der Waals surface area contributed by atoms with Gasteiger partial charge in [0.15, 0.2) is 11.4 Å². The van der Waals surface area contributed by atoms with Gasteiger partial charge in [-0.15, -0.1) is 0 Å². The average Bonchev–Trinajstić information content (AvgIpc) is 3.26. The van der Waals surface area contributed by atoms with Crippen LogP contribution in [0.4, 0.5) is 18.9 Å². The lowest BCUT2D eigenvalue weighted by Crippen LogP contribution is -2.14. The van der Waals surface area contributed by atoms with E-state index in [-0.39, 0.29) is 23.5 Å². The summed E-state index contributed by atoms with van der Waals surface area (Å²) in [6.45, 7) is 1.82. The van der Waals surface area contributed by atoms with E-state index in [1.807, 2.05) is 6.92 Å². The molecule has 24 heavy (non-hydrogen) atoms. The molecule has 8 heteroatoms. The van der Waals surface area contributed by atoms with Crippen molar-refractivity contribution in [3.05, 3.63) is 35.5 Å². The first-order chi connectivity index (χ1) is 11.2. The molecular formula is C16H16F3N3O2. The molecule has 2 aromatic rings. The third-order valence-corrected chi connectivity index (χ3v) is 3.68. The zero-order valence-electron chi connectivity index (χ0n) is 13.1. The Balaban J connectivity index is 1.87. The van der Waals surface area contributed by atoms with E-state index in [1.54, 1.807) is 18.2 Å². The van der Waals surface area contributed by atoms with Crippen LogP contribution in [0.1, 0.15) is 24.1 Å². The van der Waals surface area contributed by atoms with Gasteiger partial charge in [0.05, 0.1) is 5.69 Å². The van der Waals surface area contributed by atoms with Crippen molar-refractivity contribution in [2.24, 2.45) is 13.0 Å². The number of halogens is 3. The minimum absolute atomic E-state index is 0.00712. The minimum Gasteiger partial charge on any atom is -0.437 e. The number of aryl methyl sites for hydroxylation is 2. The number of amides is 1. The van der Waals surface area contributed by atoms with Gasteiger partial charge in [0, 0.05) is 19.0 Å². The van der Waals surface area contributed by atoms with Crippen LogP contribution in [0, 0.1) is 12.8 Å². The number of carbonyl (C=O) groups excluding carboxylic acids is 1. The Morgan fingerprint density at radius 2 is 2.04 bits per heavy atom. The van der Waals surface area contributed by atoms with Crippen molar-refractivity contribution in [3.63, 3.8) is 0 Å². The molecule has 0 radical (unpaired) electrons. The van der Waals surface area contributed by atoms with E-state index in [0.29, 0.717) is 5.69 Å². The van der Waals surface area contributed by atoms with Crippen molar-refractivity contribution in [1.82, 2.24) is 9.78 Å². The molecule has 1 aromatic carbocycles. The van der Waals surface area contributed by atoms with Crippen LogP contribution >= 0.6 is 0 Å². The number of nitrogens with one attached hydrogen (secondary N) is 1. The SMILES string of the molecule is Cc1ccc(NC(=O)C2CC2)c(Oc2cc(C(F)(F)F)nn2C)c1. The van der Waals surface area contributed by atoms with E-state index >= 15 is 0 Å². The second-order valence-electron chi connectivity index (χ2n) is 5.85. The minimum atomic E-state index is -4.55. The van der Waals surface area contributed by atoms with E-state index in [9.17, 15) is 18.0 Å². The summed E-state index contributed by atoms with van der Waals surface area (Å²) < 4.78 is 44.8. The number of rotatable bonds is 4. The van der Waals surface area contributed by atoms with Crippen molar-refractivity contribution in [3.8, 4) is 11.6 Å². The molecule has 0 bridgehead atoms. The van der Waals surface area contributed by atoms with Crippen molar-refractivity contribution in [1.29, 1.82) is 0 Å². The summed E-state index contributed by atoms with van der Waals surface area (Å²) in [5.74, 6) is 0.118. The summed E-state index contributed by atoms with van der Waals surface area (Å²) >= 11 is 0. The second kappa shape index (κ2) is 5.85. The second-order valence-corrected chi connectivity index (χ2v) is 5.85. The van der Waals surface area contributed by atoms with Gasteiger partial charge in [0.2, 0.25) is 11.8 Å². The molecule has 0 saturated heterocycles. The highest BCUT2D eigenvalue weighted by Gasteiger charge is 2.35. The number of benzene rings is 1. The van der Waals surface area contributed by atoms with Crippen LogP contribution in [0.5, 0.6) is 11.6 Å². The van der Waals surface area contributed by atoms with Gasteiger partial charge in [0.1, 0.15) is 0 Å². The molecule has 1 saturated carbocycles. The molecule has 3 rings (SSSR count). The van der Waals surface area contributed by atoms with Gasteiger partial charge < -0.3 is 10.1 Å². The van der Waals surface area contributed by atoms with Crippen LogP contribution in [0.3, 0.4) is 0 Å². The smallest absolute Gasteiger partial charge is 0.435 e. The topological polar surface area (TPSA) is 56.1 Å². The van der Waals surface area contributed by atoms with Gasteiger partial charge in [-0.05, 0) is 37.5 Å². The average molecular weight is 339 g/mol. The number of aromatic nitrogens is 2. The maximum atomic E-state index is 12.7. The predicted molar refractivity (Wildman–Crippen MR) is 80.8 cm³/mol. The normalized spacial score (nSPS) is 14.5. The van der Waals surface area contributed by atoms with Gasteiger partial charge in [-0.3, -0.25) is 4.79 Å². The zero-order chi connectivity index (χ0) is 17.5. The number of nitrogens with zero attached hydrogens (tertiary/aromatic N) is 2. The van der Waals surface area contributed by atoms with Crippen LogP contribution in [0.25, 0.3) is 0 Å². The lowest BCUT2D eigenvalue weighted by Gasteiger charge is -2.13. The summed E-state index contributed by atoms with van der Waals surface area (Å²) in [4.78, 5) is 11.9. The Kier molecular flexibility index (Phi) is 3.98. The fourth-order valence-electron chi connectivity index (χ4n) is 2.19. The summed E-state index contributed by atoms with van der Waals surface area (Å²) in [7, 11) is 1.36. The number of hydrogen-bond donors (Lipinski definition) is 1. The molecule has 1 heterocycles. The Labute approximate surface area is 136 Å². The fraction of sp³-hybridized carbons (Fsp3) is 0.375. The van der Waals surface area contributed by atoms with E-state index in [4.69, 9.17) is 4.74 Å². The van der Waals surface area contributed by atoms with Crippen LogP contribution in [-0.2, 0) is 18.0 Å². The molecule has 1 aromatic heterocycles. The van der Waals surface area contributed by atoms with Gasteiger partial charge in [-0.2, -0.15) is 18.3 Å². The highest BCUT2D eigenvalue weighted by Crippen LogP contribution is 2.36. The molecule has 0 atom stereocenters. The lowest BCUT2D eigenvalue weighted by atomic mass is 10.2. The molecule has 1 N–H and O–H groups in total. The highest BCUT2D eigenvalue weighted by molar-refractivity contribution is 5.95. The van der Waals surface area contributed by atoms with E-state index in [0.717, 1.165) is 29.2 Å². The predicted octanol–water partition coefficient (Wildman–Crippen LogP) is 3.89. The quantitative estimate of drug-likeness (QED) is 0.919. The number of ether oxygens (including phenoxy) is 1. The summed E-state index contributed by atoms with van der Waals surface area (Å²) in [6, 6.07) is 5.95. The summed E-state index contributed by atoms with van der Waals surface area (Å²) in [5, 5.41) is 6.17. The van der Waals surface area contributed by atoms with E-state index in [2.05, 4.69) is 10.4 Å². The molecule has 1 amide bonds. The Hall–Kier alpha value is -2.51. The first-order valence-corrected chi connectivity index (χ1v) is 7.44. The van der Waals surface area contributed by atoms with E-state index < -0.39 is 11.9 Å². The number of anilines is 1. The van der Waals surface area contributed by atoms with Crippen molar-refractivity contribution < 1.29 is 22.7 Å². The van der Waals surface area contributed by atoms with Crippen molar-refractivity contribution in [2.75, 3.05) is 5.32 Å². The molecule has 1 aliphatic rings. The van der Waals surface area contributed by atoms with Crippen LogP contribution in [0.2, 0.25) is 0 Å². The largest absolute Gasteiger partial charge is 0.437 e. The summed E-state index contributed by atoms with van der Waals surface area (Å²) in [6.07, 6.45) is -2.84. The molecule has 5 nitrogen and oxygen atoms in total. The third kappa shape index (κ3) is 3.52. The standard InChI is InChI=1S/C16H16F3N3O2/c1-9-3-6-11(20-15(23)10-4-5-10)12(7-9)24-14-8-13(16(17,18)19)21-22(14)2/h3,6-8,10H,4-5H2,1-2H3,(H,20,23).